The van der Waals surface area contributed by atoms with Gasteiger partial charge in [-0.15, -0.1) is 0 Å². The van der Waals surface area contributed by atoms with Crippen LogP contribution in [0.15, 0.2) is 12.1 Å². The molecule has 0 aliphatic heterocycles. The van der Waals surface area contributed by atoms with Crippen LogP contribution in [0, 0.1) is 34.5 Å². The van der Waals surface area contributed by atoms with E-state index < -0.39 is 92.4 Å². The van der Waals surface area contributed by atoms with Gasteiger partial charge in [-0.1, -0.05) is 60.6 Å². The van der Waals surface area contributed by atoms with Gasteiger partial charge in [-0.3, -0.25) is 28.8 Å². The summed E-state index contributed by atoms with van der Waals surface area (Å²) in [6.45, 7) is 14.2. The van der Waals surface area contributed by atoms with Crippen molar-refractivity contribution in [3.63, 3.8) is 0 Å². The van der Waals surface area contributed by atoms with Crippen molar-refractivity contribution in [2.45, 2.75) is 98.2 Å². The summed E-state index contributed by atoms with van der Waals surface area (Å²) in [5.41, 5.74) is -6.62. The number of phenolic OH excluding ortho intramolecular Hbond substituents is 1. The molecular formula is C34H44O10. The Morgan fingerprint density at radius 1 is 1.05 bits per heavy atom. The predicted octanol–water partition coefficient (Wildman–Crippen LogP) is 3.25. The number of carbonyl (C=O) groups excluding carboxylic acids is 6. The van der Waals surface area contributed by atoms with Crippen LogP contribution in [0.3, 0.4) is 0 Å². The van der Waals surface area contributed by atoms with Gasteiger partial charge >= 0.3 is 5.97 Å². The molecule has 10 nitrogen and oxygen atoms in total. The van der Waals surface area contributed by atoms with Gasteiger partial charge in [0, 0.05) is 29.2 Å². The number of ketones is 5. The minimum atomic E-state index is -3.01. The fourth-order valence-corrected chi connectivity index (χ4v) is 8.76. The average molecular weight is 613 g/mol. The van der Waals surface area contributed by atoms with Crippen LogP contribution in [0.5, 0.6) is 5.75 Å². The first kappa shape index (κ1) is 33.6. The van der Waals surface area contributed by atoms with Gasteiger partial charge < -0.3 is 20.1 Å². The van der Waals surface area contributed by atoms with Crippen molar-refractivity contribution in [3.8, 4) is 5.75 Å². The Labute approximate surface area is 257 Å². The summed E-state index contributed by atoms with van der Waals surface area (Å²) in [6, 6.07) is 3.38. The highest BCUT2D eigenvalue weighted by Gasteiger charge is 2.80. The van der Waals surface area contributed by atoms with E-state index in [2.05, 4.69) is 0 Å². The topological polar surface area (TPSA) is 172 Å². The molecule has 0 saturated heterocycles. The van der Waals surface area contributed by atoms with Crippen LogP contribution < -0.4 is 0 Å². The number of carbonyl (C=O) groups is 6. The molecular weight excluding hydrogens is 568 g/mol. The molecule has 10 heteroatoms. The molecule has 0 spiro atoms. The van der Waals surface area contributed by atoms with Crippen molar-refractivity contribution in [1.29, 1.82) is 0 Å². The number of aliphatic hydroxyl groups excluding tert-OH is 1. The molecule has 0 bridgehead atoms. The molecule has 2 saturated carbocycles. The van der Waals surface area contributed by atoms with Crippen molar-refractivity contribution in [3.05, 3.63) is 28.8 Å². The number of ether oxygens (including phenoxy) is 1. The zero-order valence-corrected chi connectivity index (χ0v) is 26.9. The molecule has 0 aromatic heterocycles. The Bertz CT molecular complexity index is 1470. The molecule has 2 fully saturated rings. The highest BCUT2D eigenvalue weighted by molar-refractivity contribution is 6.33. The molecule has 1 aromatic carbocycles. The second-order valence-electron chi connectivity index (χ2n) is 14.4. The first-order chi connectivity index (χ1) is 20.1. The van der Waals surface area contributed by atoms with Gasteiger partial charge in [0.15, 0.2) is 28.7 Å². The number of fused-ring (bicyclic) bond motifs is 3. The lowest BCUT2D eigenvalue weighted by Crippen LogP contribution is -2.81. The number of phenols is 1. The van der Waals surface area contributed by atoms with Crippen molar-refractivity contribution in [2.75, 3.05) is 6.61 Å². The molecule has 3 unspecified atom stereocenters. The molecule has 3 aliphatic rings. The number of benzene rings is 1. The highest BCUT2D eigenvalue weighted by atomic mass is 16.5. The van der Waals surface area contributed by atoms with Crippen LogP contribution in [0.2, 0.25) is 0 Å². The summed E-state index contributed by atoms with van der Waals surface area (Å²) in [5, 5.41) is 36.1. The van der Waals surface area contributed by atoms with E-state index in [0.717, 1.165) is 6.92 Å². The quantitative estimate of drug-likeness (QED) is 0.236. The zero-order chi connectivity index (χ0) is 33.5. The Kier molecular flexibility index (Phi) is 8.17. The number of aliphatic hydroxyl groups is 2. The minimum Gasteiger partial charge on any atom is -0.507 e. The van der Waals surface area contributed by atoms with Crippen molar-refractivity contribution in [2.24, 2.45) is 34.5 Å². The second kappa shape index (κ2) is 10.7. The number of esters is 1. The van der Waals surface area contributed by atoms with Crippen molar-refractivity contribution < 1.29 is 48.8 Å². The molecule has 8 atom stereocenters. The Morgan fingerprint density at radius 2 is 1.64 bits per heavy atom. The van der Waals surface area contributed by atoms with Gasteiger partial charge in [-0.25, -0.2) is 0 Å². The fourth-order valence-electron chi connectivity index (χ4n) is 8.76. The maximum Gasteiger partial charge on any atom is 0.302 e. The summed E-state index contributed by atoms with van der Waals surface area (Å²) in [4.78, 5) is 80.3. The molecule has 4 rings (SSSR count). The van der Waals surface area contributed by atoms with Gasteiger partial charge in [0.1, 0.15) is 17.5 Å². The highest BCUT2D eigenvalue weighted by Crippen LogP contribution is 2.66. The van der Waals surface area contributed by atoms with Crippen LogP contribution >= 0.6 is 0 Å². The second-order valence-corrected chi connectivity index (χ2v) is 14.4. The molecule has 3 N–H and O–H groups in total. The summed E-state index contributed by atoms with van der Waals surface area (Å²) in [7, 11) is 0. The molecule has 44 heavy (non-hydrogen) atoms. The van der Waals surface area contributed by atoms with Crippen LogP contribution in [-0.4, -0.2) is 68.5 Å². The lowest BCUT2D eigenvalue weighted by Gasteiger charge is -2.65. The third-order valence-corrected chi connectivity index (χ3v) is 11.2. The number of aromatic hydroxyl groups is 1. The third kappa shape index (κ3) is 4.20. The van der Waals surface area contributed by atoms with E-state index in [1.54, 1.807) is 39.8 Å². The van der Waals surface area contributed by atoms with Crippen LogP contribution in [-0.2, 0) is 34.1 Å². The van der Waals surface area contributed by atoms with E-state index in [1.807, 2.05) is 13.8 Å². The van der Waals surface area contributed by atoms with Crippen molar-refractivity contribution in [1.82, 2.24) is 0 Å². The average Bonchev–Trinajstić information content (AvgIpc) is 2.91. The van der Waals surface area contributed by atoms with Crippen LogP contribution in [0.4, 0.5) is 0 Å². The summed E-state index contributed by atoms with van der Waals surface area (Å²) in [6.07, 6.45) is -0.735. The maximum atomic E-state index is 14.6. The number of hydrogen-bond donors (Lipinski definition) is 3. The Morgan fingerprint density at radius 3 is 2.16 bits per heavy atom. The monoisotopic (exact) mass is 612 g/mol. The maximum absolute atomic E-state index is 14.6. The summed E-state index contributed by atoms with van der Waals surface area (Å²) < 4.78 is 5.03. The first-order valence-corrected chi connectivity index (χ1v) is 15.2. The van der Waals surface area contributed by atoms with Gasteiger partial charge in [0.2, 0.25) is 0 Å². The first-order valence-electron chi connectivity index (χ1n) is 15.2. The van der Waals surface area contributed by atoms with E-state index in [1.165, 1.54) is 13.8 Å². The van der Waals surface area contributed by atoms with Gasteiger partial charge in [-0.05, 0) is 42.6 Å². The predicted molar refractivity (Wildman–Crippen MR) is 158 cm³/mol. The molecule has 0 radical (unpaired) electrons. The molecule has 1 aromatic rings. The third-order valence-electron chi connectivity index (χ3n) is 11.2. The SMILES string of the molecule is CC(=O)OCCCC(C)(C)c1ccc2c(c1O)C(=O)C1C(=O)[C@@]3(O)C(=O)C(C(C)=O)C(=O)C(C(C)C)[C@@]3(C)[C@H](O)[C@@]1(C)[C@@H]2C. The van der Waals surface area contributed by atoms with Gasteiger partial charge in [0.05, 0.1) is 24.2 Å². The lowest BCUT2D eigenvalue weighted by molar-refractivity contribution is -0.240. The van der Waals surface area contributed by atoms with E-state index in [9.17, 15) is 44.1 Å². The van der Waals surface area contributed by atoms with Crippen molar-refractivity contribution >= 4 is 34.9 Å². The van der Waals surface area contributed by atoms with Gasteiger partial charge in [0.25, 0.3) is 0 Å². The molecule has 0 amide bonds. The number of rotatable bonds is 7. The minimum absolute atomic E-state index is 0.124. The Balaban J connectivity index is 1.91. The molecule has 240 valence electrons. The number of hydrogen-bond acceptors (Lipinski definition) is 10. The van der Waals surface area contributed by atoms with Crippen LogP contribution in [0.25, 0.3) is 0 Å². The summed E-state index contributed by atoms with van der Waals surface area (Å²) >= 11 is 0. The standard InChI is InChI=1S/C34H44O10/c1-15(2)23-26(38)21(17(4)35)28(40)34(43)29(41)24-27(39)22-19(16(3)32(24,8)30(42)33(23,34)9)11-12-20(25(22)37)31(6,7)13-10-14-44-18(5)36/h11-12,15-16,21,23-24,30,37,42-43H,10,13-14H2,1-9H3/t16-,21?,23?,24?,30-,32+,33+,34+/m1/s1. The zero-order valence-electron chi connectivity index (χ0n) is 26.9. The molecule has 0 heterocycles. The lowest BCUT2D eigenvalue weighted by atomic mass is 9.37. The number of Topliss-reactive ketones (excluding diaryl/α,β-unsaturated/α-hetero) is 5. The Hall–Kier alpha value is -3.24. The van der Waals surface area contributed by atoms with E-state index in [4.69, 9.17) is 4.74 Å². The van der Waals surface area contributed by atoms with E-state index >= 15 is 0 Å². The molecule has 3 aliphatic carbocycles. The smallest absolute Gasteiger partial charge is 0.302 e. The fraction of sp³-hybridized carbons (Fsp3) is 0.647. The van der Waals surface area contributed by atoms with E-state index in [-0.39, 0.29) is 17.9 Å². The van der Waals surface area contributed by atoms with Crippen LogP contribution in [0.1, 0.15) is 103 Å². The normalized spacial score (nSPS) is 35.2. The largest absolute Gasteiger partial charge is 0.507 e. The van der Waals surface area contributed by atoms with Gasteiger partial charge in [-0.2, -0.15) is 0 Å². The summed E-state index contributed by atoms with van der Waals surface area (Å²) in [5.74, 6) is -11.9. The van der Waals surface area contributed by atoms with E-state index in [0.29, 0.717) is 24.0 Å².